The summed E-state index contributed by atoms with van der Waals surface area (Å²) in [4.78, 5) is 12.6. The third kappa shape index (κ3) is 6.74. The van der Waals surface area contributed by atoms with Crippen LogP contribution in [0.2, 0.25) is 0 Å². The van der Waals surface area contributed by atoms with Crippen molar-refractivity contribution in [3.8, 4) is 0 Å². The number of nitrogens with one attached hydrogen (secondary N) is 3. The van der Waals surface area contributed by atoms with E-state index in [9.17, 15) is 40.5 Å². The monoisotopic (exact) mass is 609 g/mol. The highest BCUT2D eigenvalue weighted by atomic mass is 16.7. The molecule has 4 rings (SSSR count). The topological polar surface area (TPSA) is 327 Å². The number of aliphatic hydroxyl groups is 7. The second-order valence-electron chi connectivity index (χ2n) is 11.6. The molecule has 3 aliphatic heterocycles. The predicted octanol–water partition coefficient (Wildman–Crippen LogP) is -8.97. The standard InChI is InChI=1S/C24H47N7O11/c25-2-10(33)23(39)31-9-1-8(27)13(18(36)21(9)42-24-19(37)14(28)16(34)12(6-32)41-24)22-15(30-7-4-29-5-7)20(38)17(35)11(3-26)40-22/h7-22,24,29-30,32-38H,1-6,25-28H2,(H,31,39). The maximum Gasteiger partial charge on any atom is 0.250 e. The van der Waals surface area contributed by atoms with Gasteiger partial charge in [0, 0.05) is 44.2 Å². The Morgan fingerprint density at radius 1 is 0.976 bits per heavy atom. The van der Waals surface area contributed by atoms with Crippen LogP contribution in [0.3, 0.4) is 0 Å². The fourth-order valence-electron chi connectivity index (χ4n) is 6.21. The Hall–Kier alpha value is -1.17. The average Bonchev–Trinajstić information content (AvgIpc) is 2.94. The summed E-state index contributed by atoms with van der Waals surface area (Å²) in [5, 5.41) is 83.1. The molecule has 18 N–H and O–H groups in total. The Morgan fingerprint density at radius 3 is 2.24 bits per heavy atom. The summed E-state index contributed by atoms with van der Waals surface area (Å²) in [5.74, 6) is -1.83. The van der Waals surface area contributed by atoms with E-state index in [-0.39, 0.29) is 25.6 Å². The van der Waals surface area contributed by atoms with Crippen LogP contribution in [0.4, 0.5) is 0 Å². The van der Waals surface area contributed by atoms with E-state index in [1.807, 2.05) is 0 Å². The Labute approximate surface area is 242 Å². The third-order valence-corrected chi connectivity index (χ3v) is 8.84. The Bertz CT molecular complexity index is 892. The number of carbonyl (C=O) groups is 1. The summed E-state index contributed by atoms with van der Waals surface area (Å²) in [7, 11) is 0. The minimum absolute atomic E-state index is 0.0279. The summed E-state index contributed by atoms with van der Waals surface area (Å²) >= 11 is 0. The average molecular weight is 610 g/mol. The lowest BCUT2D eigenvalue weighted by molar-refractivity contribution is -0.308. The van der Waals surface area contributed by atoms with Crippen LogP contribution in [-0.4, -0.2) is 172 Å². The highest BCUT2D eigenvalue weighted by Crippen LogP contribution is 2.37. The van der Waals surface area contributed by atoms with E-state index in [0.717, 1.165) is 0 Å². The summed E-state index contributed by atoms with van der Waals surface area (Å²) in [5.41, 5.74) is 23.7. The van der Waals surface area contributed by atoms with Crippen LogP contribution in [0.25, 0.3) is 0 Å². The molecule has 16 atom stereocenters. The first-order chi connectivity index (χ1) is 19.9. The van der Waals surface area contributed by atoms with E-state index < -0.39 is 110 Å². The van der Waals surface area contributed by atoms with Gasteiger partial charge in [0.2, 0.25) is 5.91 Å². The molecular weight excluding hydrogens is 562 g/mol. The molecule has 18 nitrogen and oxygen atoms in total. The normalized spacial score (nSPS) is 47.5. The highest BCUT2D eigenvalue weighted by molar-refractivity contribution is 5.81. The van der Waals surface area contributed by atoms with E-state index in [1.165, 1.54) is 0 Å². The zero-order valence-corrected chi connectivity index (χ0v) is 23.1. The first-order valence-corrected chi connectivity index (χ1v) is 14.3. The molecular formula is C24H47N7O11. The van der Waals surface area contributed by atoms with Crippen LogP contribution < -0.4 is 38.9 Å². The maximum atomic E-state index is 12.6. The second kappa shape index (κ2) is 14.3. The molecule has 16 unspecified atom stereocenters. The summed E-state index contributed by atoms with van der Waals surface area (Å²) in [6.07, 6.45) is -14.9. The maximum absolute atomic E-state index is 12.6. The number of amides is 1. The van der Waals surface area contributed by atoms with Crippen molar-refractivity contribution in [2.24, 2.45) is 28.9 Å². The van der Waals surface area contributed by atoms with Crippen molar-refractivity contribution >= 4 is 5.91 Å². The lowest BCUT2D eigenvalue weighted by Crippen LogP contribution is -2.74. The Morgan fingerprint density at radius 2 is 1.67 bits per heavy atom. The Balaban J connectivity index is 1.65. The molecule has 0 aromatic heterocycles. The third-order valence-electron chi connectivity index (χ3n) is 8.84. The molecule has 244 valence electrons. The van der Waals surface area contributed by atoms with Crippen LogP contribution in [0.1, 0.15) is 6.42 Å². The largest absolute Gasteiger partial charge is 0.394 e. The summed E-state index contributed by atoms with van der Waals surface area (Å²) in [6, 6.07) is -4.13. The summed E-state index contributed by atoms with van der Waals surface area (Å²) < 4.78 is 17.7. The Kier molecular flexibility index (Phi) is 11.5. The minimum atomic E-state index is -1.60. The molecule has 0 spiro atoms. The molecule has 0 aromatic carbocycles. The molecule has 1 amide bonds. The molecule has 1 saturated carbocycles. The van der Waals surface area contributed by atoms with Gasteiger partial charge in [-0.25, -0.2) is 0 Å². The SMILES string of the molecule is NCC(O)C(=O)NC1CC(N)C(C2OC(CN)C(O)C(O)C2NC2CNC2)C(O)C1OC1OC(CO)C(O)C(N)C1O. The van der Waals surface area contributed by atoms with Gasteiger partial charge in [-0.3, -0.25) is 4.79 Å². The van der Waals surface area contributed by atoms with Crippen LogP contribution >= 0.6 is 0 Å². The molecule has 3 saturated heterocycles. The number of carbonyl (C=O) groups excluding carboxylic acids is 1. The molecule has 18 heteroatoms. The molecule has 0 radical (unpaired) electrons. The van der Waals surface area contributed by atoms with Gasteiger partial charge in [0.05, 0.1) is 43.0 Å². The van der Waals surface area contributed by atoms with E-state index in [0.29, 0.717) is 13.1 Å². The molecule has 1 aliphatic carbocycles. The van der Waals surface area contributed by atoms with E-state index in [4.69, 9.17) is 37.1 Å². The van der Waals surface area contributed by atoms with Gasteiger partial charge >= 0.3 is 0 Å². The van der Waals surface area contributed by atoms with Crippen LogP contribution in [0, 0.1) is 5.92 Å². The van der Waals surface area contributed by atoms with Crippen LogP contribution in [0.15, 0.2) is 0 Å². The number of hydrogen-bond acceptors (Lipinski definition) is 17. The van der Waals surface area contributed by atoms with Gasteiger partial charge in [-0.15, -0.1) is 0 Å². The number of aliphatic hydroxyl groups excluding tert-OH is 7. The predicted molar refractivity (Wildman–Crippen MR) is 143 cm³/mol. The number of rotatable bonds is 10. The van der Waals surface area contributed by atoms with E-state index in [2.05, 4.69) is 16.0 Å². The van der Waals surface area contributed by atoms with Crippen molar-refractivity contribution in [2.75, 3.05) is 32.8 Å². The van der Waals surface area contributed by atoms with Gasteiger partial charge in [-0.05, 0) is 6.42 Å². The van der Waals surface area contributed by atoms with Crippen molar-refractivity contribution in [3.63, 3.8) is 0 Å². The number of ether oxygens (including phenoxy) is 3. The fraction of sp³-hybridized carbons (Fsp3) is 0.958. The lowest BCUT2D eigenvalue weighted by atomic mass is 9.71. The summed E-state index contributed by atoms with van der Waals surface area (Å²) in [6.45, 7) is 0.0422. The second-order valence-corrected chi connectivity index (χ2v) is 11.6. The van der Waals surface area contributed by atoms with Gasteiger partial charge in [0.25, 0.3) is 0 Å². The van der Waals surface area contributed by atoms with Crippen LogP contribution in [-0.2, 0) is 19.0 Å². The molecule has 4 fully saturated rings. The number of nitrogens with two attached hydrogens (primary N) is 4. The highest BCUT2D eigenvalue weighted by Gasteiger charge is 2.56. The first kappa shape index (κ1) is 33.7. The molecule has 0 aromatic rings. The van der Waals surface area contributed by atoms with Gasteiger partial charge in [-0.1, -0.05) is 0 Å². The van der Waals surface area contributed by atoms with E-state index >= 15 is 0 Å². The molecule has 4 aliphatic rings. The molecule has 0 bridgehead atoms. The fourth-order valence-corrected chi connectivity index (χ4v) is 6.21. The van der Waals surface area contributed by atoms with Gasteiger partial charge < -0.3 is 88.8 Å². The molecule has 42 heavy (non-hydrogen) atoms. The zero-order valence-electron chi connectivity index (χ0n) is 23.1. The smallest absolute Gasteiger partial charge is 0.250 e. The van der Waals surface area contributed by atoms with Crippen molar-refractivity contribution in [3.05, 3.63) is 0 Å². The van der Waals surface area contributed by atoms with Crippen molar-refractivity contribution in [1.29, 1.82) is 0 Å². The van der Waals surface area contributed by atoms with Crippen LogP contribution in [0.5, 0.6) is 0 Å². The van der Waals surface area contributed by atoms with Gasteiger partial charge in [0.15, 0.2) is 6.29 Å². The van der Waals surface area contributed by atoms with Crippen molar-refractivity contribution < 1.29 is 54.8 Å². The van der Waals surface area contributed by atoms with Crippen molar-refractivity contribution in [2.45, 2.75) is 104 Å². The van der Waals surface area contributed by atoms with Gasteiger partial charge in [0.1, 0.15) is 42.7 Å². The lowest BCUT2D eigenvalue weighted by Gasteiger charge is -2.53. The minimum Gasteiger partial charge on any atom is -0.394 e. The number of hydrogen-bond donors (Lipinski definition) is 14. The molecule has 3 heterocycles. The zero-order chi connectivity index (χ0) is 30.9. The first-order valence-electron chi connectivity index (χ1n) is 14.3. The quantitative estimate of drug-likeness (QED) is 0.109. The van der Waals surface area contributed by atoms with Gasteiger partial charge in [-0.2, -0.15) is 0 Å². The van der Waals surface area contributed by atoms with Crippen molar-refractivity contribution in [1.82, 2.24) is 16.0 Å². The van der Waals surface area contributed by atoms with E-state index in [1.54, 1.807) is 0 Å².